The predicted molar refractivity (Wildman–Crippen MR) is 59.1 cm³/mol. The van der Waals surface area contributed by atoms with Crippen LogP contribution in [-0.2, 0) is 6.42 Å². The Morgan fingerprint density at radius 2 is 2.29 bits per heavy atom. The van der Waals surface area contributed by atoms with Crippen molar-refractivity contribution in [3.8, 4) is 0 Å². The van der Waals surface area contributed by atoms with Crippen LogP contribution in [0.3, 0.4) is 0 Å². The van der Waals surface area contributed by atoms with Gasteiger partial charge < -0.3 is 5.73 Å². The summed E-state index contributed by atoms with van der Waals surface area (Å²) in [6.07, 6.45) is 3.59. The highest BCUT2D eigenvalue weighted by Gasteiger charge is 2.02. The van der Waals surface area contributed by atoms with Crippen molar-refractivity contribution in [1.29, 1.82) is 0 Å². The van der Waals surface area contributed by atoms with Crippen LogP contribution in [-0.4, -0.2) is 10.2 Å². The molecule has 0 bridgehead atoms. The van der Waals surface area contributed by atoms with Crippen LogP contribution in [0, 0.1) is 0 Å². The topological polar surface area (TPSA) is 54.7 Å². The summed E-state index contributed by atoms with van der Waals surface area (Å²) in [6.45, 7) is 2.20. The van der Waals surface area contributed by atoms with E-state index in [4.69, 9.17) is 5.73 Å². The summed E-state index contributed by atoms with van der Waals surface area (Å²) < 4.78 is 0. The number of unbranched alkanes of at least 4 members (excludes halogenated alkanes) is 1. The number of nitrogens with zero attached hydrogens (tertiary/aromatic N) is 1. The van der Waals surface area contributed by atoms with E-state index in [-0.39, 0.29) is 0 Å². The predicted octanol–water partition coefficient (Wildman–Crippen LogP) is 2.49. The number of fused-ring (bicyclic) bond motifs is 1. The van der Waals surface area contributed by atoms with Gasteiger partial charge in [-0.25, -0.2) is 0 Å². The molecule has 0 spiro atoms. The van der Waals surface area contributed by atoms with Crippen molar-refractivity contribution >= 4 is 16.7 Å². The minimum absolute atomic E-state index is 0.585. The molecule has 0 aliphatic carbocycles. The zero-order chi connectivity index (χ0) is 9.97. The van der Waals surface area contributed by atoms with E-state index in [1.54, 1.807) is 0 Å². The van der Waals surface area contributed by atoms with E-state index in [0.717, 1.165) is 17.3 Å². The van der Waals surface area contributed by atoms with Gasteiger partial charge in [0.1, 0.15) is 0 Å². The van der Waals surface area contributed by atoms with E-state index in [2.05, 4.69) is 29.3 Å². The molecule has 0 aliphatic heterocycles. The second-order valence-corrected chi connectivity index (χ2v) is 3.59. The van der Waals surface area contributed by atoms with Gasteiger partial charge >= 0.3 is 0 Å². The van der Waals surface area contributed by atoms with Gasteiger partial charge in [0.05, 0.1) is 5.52 Å². The third-order valence-corrected chi connectivity index (χ3v) is 2.48. The lowest BCUT2D eigenvalue weighted by Gasteiger charge is -1.99. The number of nitrogens with two attached hydrogens (primary N) is 1. The summed E-state index contributed by atoms with van der Waals surface area (Å²) in [7, 11) is 0. The molecule has 3 heteroatoms. The van der Waals surface area contributed by atoms with E-state index >= 15 is 0 Å². The van der Waals surface area contributed by atoms with Gasteiger partial charge in [-0.05, 0) is 30.5 Å². The Labute approximate surface area is 83.3 Å². The van der Waals surface area contributed by atoms with Crippen LogP contribution in [0.15, 0.2) is 18.2 Å². The highest BCUT2D eigenvalue weighted by atomic mass is 15.1. The molecule has 2 rings (SSSR count). The van der Waals surface area contributed by atoms with Crippen molar-refractivity contribution in [3.63, 3.8) is 0 Å². The van der Waals surface area contributed by atoms with Gasteiger partial charge in [-0.2, -0.15) is 5.10 Å². The quantitative estimate of drug-likeness (QED) is 0.779. The molecule has 0 amide bonds. The summed E-state index contributed by atoms with van der Waals surface area (Å²) in [5.41, 5.74) is 8.07. The van der Waals surface area contributed by atoms with Crippen LogP contribution in [0.1, 0.15) is 25.3 Å². The Hall–Kier alpha value is -1.51. The van der Waals surface area contributed by atoms with E-state index in [0.29, 0.717) is 5.82 Å². The third kappa shape index (κ3) is 1.58. The van der Waals surface area contributed by atoms with Gasteiger partial charge in [0.25, 0.3) is 0 Å². The summed E-state index contributed by atoms with van der Waals surface area (Å²) >= 11 is 0. The number of aromatic nitrogens is 2. The number of nitrogen functional groups attached to an aromatic ring is 1. The van der Waals surface area contributed by atoms with Crippen molar-refractivity contribution in [1.82, 2.24) is 10.2 Å². The van der Waals surface area contributed by atoms with Crippen molar-refractivity contribution in [2.24, 2.45) is 0 Å². The highest BCUT2D eigenvalue weighted by molar-refractivity contribution is 5.88. The molecule has 1 aromatic heterocycles. The zero-order valence-electron chi connectivity index (χ0n) is 8.38. The SMILES string of the molecule is CCCCc1ccc2c(N)n[nH]c2c1. The fourth-order valence-electron chi connectivity index (χ4n) is 1.62. The van der Waals surface area contributed by atoms with Crippen LogP contribution in [0.25, 0.3) is 10.9 Å². The molecule has 1 aromatic carbocycles. The van der Waals surface area contributed by atoms with Crippen molar-refractivity contribution in [3.05, 3.63) is 23.8 Å². The fraction of sp³-hybridized carbons (Fsp3) is 0.364. The number of rotatable bonds is 3. The van der Waals surface area contributed by atoms with Crippen molar-refractivity contribution < 1.29 is 0 Å². The minimum Gasteiger partial charge on any atom is -0.382 e. The molecule has 74 valence electrons. The molecule has 14 heavy (non-hydrogen) atoms. The van der Waals surface area contributed by atoms with E-state index in [1.165, 1.54) is 18.4 Å². The first-order valence-electron chi connectivity index (χ1n) is 5.03. The molecule has 0 saturated heterocycles. The van der Waals surface area contributed by atoms with Crippen LogP contribution in [0.2, 0.25) is 0 Å². The number of anilines is 1. The smallest absolute Gasteiger partial charge is 0.153 e. The lowest BCUT2D eigenvalue weighted by Crippen LogP contribution is -1.85. The third-order valence-electron chi connectivity index (χ3n) is 2.48. The van der Waals surface area contributed by atoms with Gasteiger partial charge in [-0.1, -0.05) is 19.4 Å². The molecule has 3 nitrogen and oxygen atoms in total. The molecular formula is C11H15N3. The van der Waals surface area contributed by atoms with Gasteiger partial charge in [-0.15, -0.1) is 0 Å². The Morgan fingerprint density at radius 3 is 3.07 bits per heavy atom. The van der Waals surface area contributed by atoms with Crippen LogP contribution in [0.4, 0.5) is 5.82 Å². The first-order chi connectivity index (χ1) is 6.81. The highest BCUT2D eigenvalue weighted by Crippen LogP contribution is 2.19. The zero-order valence-corrected chi connectivity index (χ0v) is 8.38. The minimum atomic E-state index is 0.585. The molecule has 0 radical (unpaired) electrons. The number of nitrogens with one attached hydrogen (secondary N) is 1. The Kier molecular flexibility index (Phi) is 2.39. The Balaban J connectivity index is 2.32. The first kappa shape index (κ1) is 9.06. The number of H-pyrrole nitrogens is 1. The number of hydrogen-bond donors (Lipinski definition) is 2. The lowest BCUT2D eigenvalue weighted by atomic mass is 10.1. The molecule has 3 N–H and O–H groups in total. The van der Waals surface area contributed by atoms with Gasteiger partial charge in [0.15, 0.2) is 5.82 Å². The second kappa shape index (κ2) is 3.70. The number of aryl methyl sites for hydroxylation is 1. The van der Waals surface area contributed by atoms with E-state index < -0.39 is 0 Å². The average molecular weight is 189 g/mol. The van der Waals surface area contributed by atoms with Gasteiger partial charge in [0.2, 0.25) is 0 Å². The summed E-state index contributed by atoms with van der Waals surface area (Å²) in [5, 5.41) is 7.92. The molecule has 2 aromatic rings. The van der Waals surface area contributed by atoms with E-state index in [1.807, 2.05) is 6.07 Å². The molecule has 1 heterocycles. The second-order valence-electron chi connectivity index (χ2n) is 3.59. The Bertz CT molecular complexity index is 431. The number of hydrogen-bond acceptors (Lipinski definition) is 2. The Morgan fingerprint density at radius 1 is 1.43 bits per heavy atom. The van der Waals surface area contributed by atoms with Crippen molar-refractivity contribution in [2.75, 3.05) is 5.73 Å². The van der Waals surface area contributed by atoms with Crippen LogP contribution in [0.5, 0.6) is 0 Å². The summed E-state index contributed by atoms with van der Waals surface area (Å²) in [4.78, 5) is 0. The largest absolute Gasteiger partial charge is 0.382 e. The molecule has 0 unspecified atom stereocenters. The average Bonchev–Trinajstić information content (AvgIpc) is 2.57. The maximum atomic E-state index is 5.68. The summed E-state index contributed by atoms with van der Waals surface area (Å²) in [5.74, 6) is 0.585. The van der Waals surface area contributed by atoms with E-state index in [9.17, 15) is 0 Å². The first-order valence-corrected chi connectivity index (χ1v) is 5.03. The standard InChI is InChI=1S/C11H15N3/c1-2-3-4-8-5-6-9-10(7-8)13-14-11(9)12/h5-7H,2-4H2,1H3,(H3,12,13,14). The molecule has 0 atom stereocenters. The fourth-order valence-corrected chi connectivity index (χ4v) is 1.62. The maximum Gasteiger partial charge on any atom is 0.153 e. The molecular weight excluding hydrogens is 174 g/mol. The maximum absolute atomic E-state index is 5.68. The number of benzene rings is 1. The lowest BCUT2D eigenvalue weighted by molar-refractivity contribution is 0.796. The monoisotopic (exact) mass is 189 g/mol. The molecule has 0 saturated carbocycles. The molecule has 0 aliphatic rings. The summed E-state index contributed by atoms with van der Waals surface area (Å²) in [6, 6.07) is 6.30. The van der Waals surface area contributed by atoms with Crippen molar-refractivity contribution in [2.45, 2.75) is 26.2 Å². The van der Waals surface area contributed by atoms with Crippen LogP contribution < -0.4 is 5.73 Å². The van der Waals surface area contributed by atoms with Gasteiger partial charge in [-0.3, -0.25) is 5.10 Å². The normalized spacial score (nSPS) is 10.9. The van der Waals surface area contributed by atoms with Gasteiger partial charge in [0, 0.05) is 5.39 Å². The van der Waals surface area contributed by atoms with Crippen LogP contribution >= 0.6 is 0 Å². The molecule has 0 fully saturated rings. The number of aromatic amines is 1.